The zero-order valence-corrected chi connectivity index (χ0v) is 16.4. The molecule has 28 heavy (non-hydrogen) atoms. The number of aromatic nitrogens is 1. The van der Waals surface area contributed by atoms with Gasteiger partial charge in [-0.25, -0.2) is 0 Å². The molecular weight excluding hydrogens is 354 g/mol. The smallest absolute Gasteiger partial charge is 0.246 e. The summed E-state index contributed by atoms with van der Waals surface area (Å²) in [5.74, 6) is 1.47. The lowest BCUT2D eigenvalue weighted by Crippen LogP contribution is -2.41. The number of hydrogen-bond donors (Lipinski definition) is 2. The average molecular weight is 383 g/mol. The van der Waals surface area contributed by atoms with Gasteiger partial charge in [0.15, 0.2) is 0 Å². The molecule has 1 amide bonds. The van der Waals surface area contributed by atoms with Gasteiger partial charge in [-0.05, 0) is 69.6 Å². The summed E-state index contributed by atoms with van der Waals surface area (Å²) in [5.41, 5.74) is 8.69. The Bertz CT molecular complexity index is 842. The molecule has 150 valence electrons. The van der Waals surface area contributed by atoms with Crippen LogP contribution in [0, 0.1) is 12.8 Å². The van der Waals surface area contributed by atoms with E-state index < -0.39 is 0 Å². The summed E-state index contributed by atoms with van der Waals surface area (Å²) < 4.78 is 11.8. The van der Waals surface area contributed by atoms with Crippen LogP contribution in [-0.4, -0.2) is 36.3 Å². The zero-order chi connectivity index (χ0) is 19.5. The molecule has 0 aliphatic heterocycles. The Balaban J connectivity index is 1.28. The van der Waals surface area contributed by atoms with E-state index in [9.17, 15) is 4.79 Å². The van der Waals surface area contributed by atoms with E-state index in [1.165, 1.54) is 12.8 Å². The van der Waals surface area contributed by atoms with E-state index in [0.29, 0.717) is 11.6 Å². The first kappa shape index (κ1) is 19.0. The van der Waals surface area contributed by atoms with Gasteiger partial charge in [0, 0.05) is 17.4 Å². The number of nitrogens with two attached hydrogens (primary N) is 1. The van der Waals surface area contributed by atoms with Crippen molar-refractivity contribution in [3.8, 4) is 5.75 Å². The molecule has 0 bridgehead atoms. The summed E-state index contributed by atoms with van der Waals surface area (Å²) >= 11 is 0. The Kier molecular flexibility index (Phi) is 5.67. The van der Waals surface area contributed by atoms with Crippen molar-refractivity contribution in [3.05, 3.63) is 30.0 Å². The van der Waals surface area contributed by atoms with Crippen LogP contribution in [0.25, 0.3) is 10.9 Å². The Hall–Kier alpha value is -2.34. The number of anilines is 1. The number of hydrogen-bond acceptors (Lipinski definition) is 5. The summed E-state index contributed by atoms with van der Waals surface area (Å²) in [5, 5.41) is 3.98. The third kappa shape index (κ3) is 4.73. The molecule has 2 fully saturated rings. The van der Waals surface area contributed by atoms with Crippen LogP contribution < -0.4 is 15.8 Å². The minimum atomic E-state index is -0.00621. The van der Waals surface area contributed by atoms with E-state index in [2.05, 4.69) is 10.3 Å². The second-order valence-corrected chi connectivity index (χ2v) is 8.12. The molecule has 0 radical (unpaired) electrons. The molecule has 6 heteroatoms. The molecule has 0 saturated heterocycles. The third-order valence-electron chi connectivity index (χ3n) is 5.57. The van der Waals surface area contributed by atoms with Crippen molar-refractivity contribution in [2.45, 2.75) is 57.6 Å². The molecule has 2 aliphatic carbocycles. The highest BCUT2D eigenvalue weighted by Crippen LogP contribution is 2.33. The van der Waals surface area contributed by atoms with Gasteiger partial charge in [-0.15, -0.1) is 0 Å². The maximum absolute atomic E-state index is 12.0. The minimum Gasteiger partial charge on any atom is -0.490 e. The van der Waals surface area contributed by atoms with Gasteiger partial charge in [0.25, 0.3) is 0 Å². The number of ether oxygens (including phenoxy) is 2. The van der Waals surface area contributed by atoms with E-state index in [0.717, 1.165) is 54.6 Å². The Morgan fingerprint density at radius 3 is 2.75 bits per heavy atom. The van der Waals surface area contributed by atoms with Gasteiger partial charge in [0.05, 0.1) is 23.6 Å². The lowest BCUT2D eigenvalue weighted by Gasteiger charge is -2.30. The topological polar surface area (TPSA) is 86.5 Å². The van der Waals surface area contributed by atoms with E-state index >= 15 is 0 Å². The van der Waals surface area contributed by atoms with Crippen LogP contribution in [0.2, 0.25) is 0 Å². The van der Waals surface area contributed by atoms with Gasteiger partial charge in [-0.2, -0.15) is 0 Å². The number of benzene rings is 1. The molecule has 1 aromatic heterocycles. The van der Waals surface area contributed by atoms with E-state index in [4.69, 9.17) is 15.2 Å². The molecule has 0 unspecified atom stereocenters. The van der Waals surface area contributed by atoms with E-state index in [-0.39, 0.29) is 24.7 Å². The molecule has 2 aliphatic rings. The van der Waals surface area contributed by atoms with Crippen molar-refractivity contribution in [3.63, 3.8) is 0 Å². The van der Waals surface area contributed by atoms with Crippen molar-refractivity contribution in [2.75, 3.05) is 18.9 Å². The minimum absolute atomic E-state index is 0.00621. The summed E-state index contributed by atoms with van der Waals surface area (Å²) in [4.78, 5) is 16.6. The number of carbonyl (C=O) groups is 1. The molecule has 6 nitrogen and oxygen atoms in total. The van der Waals surface area contributed by atoms with Crippen LogP contribution >= 0.6 is 0 Å². The molecule has 2 saturated carbocycles. The number of nitrogens with one attached hydrogen (secondary N) is 1. The highest BCUT2D eigenvalue weighted by atomic mass is 16.5. The quantitative estimate of drug-likeness (QED) is 0.766. The standard InChI is InChI=1S/C22H29N3O3/c1-14-11-18(23)22-19(24-14)3-2-4-20(22)28-17-9-7-16(8-10-17)25-21(26)13-27-12-15-5-6-15/h2-4,11,15-17H,5-10,12-13H2,1H3,(H2,23,24)(H,25,26)/t16-,17-. The van der Waals surface area contributed by atoms with Crippen LogP contribution in [0.4, 0.5) is 5.69 Å². The summed E-state index contributed by atoms with van der Waals surface area (Å²) in [6.45, 7) is 2.83. The van der Waals surface area contributed by atoms with E-state index in [1.54, 1.807) is 0 Å². The predicted molar refractivity (Wildman–Crippen MR) is 109 cm³/mol. The molecule has 3 N–H and O–H groups in total. The Labute approximate surface area is 165 Å². The molecule has 2 aromatic rings. The van der Waals surface area contributed by atoms with Crippen molar-refractivity contribution < 1.29 is 14.3 Å². The molecule has 0 spiro atoms. The summed E-state index contributed by atoms with van der Waals surface area (Å²) in [7, 11) is 0. The Morgan fingerprint density at radius 1 is 1.21 bits per heavy atom. The zero-order valence-electron chi connectivity index (χ0n) is 16.4. The maximum atomic E-state index is 12.0. The number of rotatable bonds is 7. The second kappa shape index (κ2) is 8.35. The molecule has 4 rings (SSSR count). The lowest BCUT2D eigenvalue weighted by molar-refractivity contribution is -0.126. The second-order valence-electron chi connectivity index (χ2n) is 8.12. The fourth-order valence-electron chi connectivity index (χ4n) is 3.90. The third-order valence-corrected chi connectivity index (χ3v) is 5.57. The van der Waals surface area contributed by atoms with Crippen LogP contribution in [0.15, 0.2) is 24.3 Å². The summed E-state index contributed by atoms with van der Waals surface area (Å²) in [6, 6.07) is 7.97. The van der Waals surface area contributed by atoms with Crippen LogP contribution in [0.3, 0.4) is 0 Å². The number of nitrogen functional groups attached to an aromatic ring is 1. The average Bonchev–Trinajstić information content (AvgIpc) is 3.47. The number of amides is 1. The molecule has 1 heterocycles. The SMILES string of the molecule is Cc1cc(N)c2c(O[C@H]3CC[C@H](NC(=O)COCC4CC4)CC3)cccc2n1. The lowest BCUT2D eigenvalue weighted by atomic mass is 9.93. The van der Waals surface area contributed by atoms with Gasteiger partial charge in [-0.3, -0.25) is 9.78 Å². The van der Waals surface area contributed by atoms with Gasteiger partial charge < -0.3 is 20.5 Å². The number of nitrogens with zero attached hydrogens (tertiary/aromatic N) is 1. The van der Waals surface area contributed by atoms with E-state index in [1.807, 2.05) is 31.2 Å². The van der Waals surface area contributed by atoms with Crippen LogP contribution in [0.1, 0.15) is 44.2 Å². The number of pyridine rings is 1. The van der Waals surface area contributed by atoms with Crippen molar-refractivity contribution in [1.29, 1.82) is 0 Å². The normalized spacial score (nSPS) is 22.2. The number of fused-ring (bicyclic) bond motifs is 1. The van der Waals surface area contributed by atoms with Crippen molar-refractivity contribution >= 4 is 22.5 Å². The predicted octanol–water partition coefficient (Wildman–Crippen LogP) is 3.36. The maximum Gasteiger partial charge on any atom is 0.246 e. The first-order chi connectivity index (χ1) is 13.6. The van der Waals surface area contributed by atoms with Crippen LogP contribution in [-0.2, 0) is 9.53 Å². The van der Waals surface area contributed by atoms with Crippen molar-refractivity contribution in [2.24, 2.45) is 5.92 Å². The fraction of sp³-hybridized carbons (Fsp3) is 0.545. The Morgan fingerprint density at radius 2 is 2.00 bits per heavy atom. The van der Waals surface area contributed by atoms with Crippen molar-refractivity contribution in [1.82, 2.24) is 10.3 Å². The molecule has 1 aromatic carbocycles. The van der Waals surface area contributed by atoms with Crippen LogP contribution in [0.5, 0.6) is 5.75 Å². The van der Waals surface area contributed by atoms with Gasteiger partial charge in [-0.1, -0.05) is 6.07 Å². The molecule has 0 atom stereocenters. The largest absolute Gasteiger partial charge is 0.490 e. The number of carbonyl (C=O) groups excluding carboxylic acids is 1. The number of aryl methyl sites for hydroxylation is 1. The highest BCUT2D eigenvalue weighted by Gasteiger charge is 2.25. The first-order valence-corrected chi connectivity index (χ1v) is 10.3. The fourth-order valence-corrected chi connectivity index (χ4v) is 3.90. The first-order valence-electron chi connectivity index (χ1n) is 10.3. The van der Waals surface area contributed by atoms with Gasteiger partial charge in [0.1, 0.15) is 12.4 Å². The molecular formula is C22H29N3O3. The van der Waals surface area contributed by atoms with Gasteiger partial charge in [0.2, 0.25) is 5.91 Å². The van der Waals surface area contributed by atoms with Gasteiger partial charge >= 0.3 is 0 Å². The highest BCUT2D eigenvalue weighted by molar-refractivity contribution is 5.95. The summed E-state index contributed by atoms with van der Waals surface area (Å²) in [6.07, 6.45) is 6.25. The monoisotopic (exact) mass is 383 g/mol.